The lowest BCUT2D eigenvalue weighted by Gasteiger charge is -2.28. The van der Waals surface area contributed by atoms with Gasteiger partial charge in [-0.25, -0.2) is 0 Å². The monoisotopic (exact) mass is 383 g/mol. The van der Waals surface area contributed by atoms with Crippen LogP contribution in [0.3, 0.4) is 0 Å². The van der Waals surface area contributed by atoms with E-state index >= 15 is 0 Å². The third kappa shape index (κ3) is 4.50. The summed E-state index contributed by atoms with van der Waals surface area (Å²) in [5, 5.41) is 16.9. The third-order valence-corrected chi connectivity index (χ3v) is 5.66. The van der Waals surface area contributed by atoms with Crippen molar-refractivity contribution < 1.29 is 14.7 Å². The van der Waals surface area contributed by atoms with Crippen molar-refractivity contribution in [2.45, 2.75) is 58.0 Å². The molecule has 2 aromatic rings. The lowest BCUT2D eigenvalue weighted by Crippen LogP contribution is -2.39. The highest BCUT2D eigenvalue weighted by Crippen LogP contribution is 2.25. The van der Waals surface area contributed by atoms with Crippen molar-refractivity contribution in [2.24, 2.45) is 5.92 Å². The van der Waals surface area contributed by atoms with E-state index < -0.39 is 0 Å². The second kappa shape index (κ2) is 9.15. The summed E-state index contributed by atoms with van der Waals surface area (Å²) < 4.78 is 1.66. The Bertz CT molecular complexity index is 808. The first kappa shape index (κ1) is 20.3. The SMILES string of the molecule is CCC(=O)c1cc(C(=O)NC2CCC(CO)CC2)n([C@@H](C)c2ccccc2)n1. The molecule has 28 heavy (non-hydrogen) atoms. The highest BCUT2D eigenvalue weighted by molar-refractivity contribution is 5.98. The molecule has 0 saturated heterocycles. The fourth-order valence-corrected chi connectivity index (χ4v) is 3.80. The van der Waals surface area contributed by atoms with Crippen LogP contribution in [-0.2, 0) is 0 Å². The molecule has 0 spiro atoms. The summed E-state index contributed by atoms with van der Waals surface area (Å²) in [6.45, 7) is 3.98. The van der Waals surface area contributed by atoms with Crippen molar-refractivity contribution in [1.82, 2.24) is 15.1 Å². The normalized spacial score (nSPS) is 20.5. The Balaban J connectivity index is 1.83. The highest BCUT2D eigenvalue weighted by atomic mass is 16.3. The average Bonchev–Trinajstić information content (AvgIpc) is 3.19. The summed E-state index contributed by atoms with van der Waals surface area (Å²) in [7, 11) is 0. The van der Waals surface area contributed by atoms with Crippen LogP contribution in [0.4, 0.5) is 0 Å². The number of nitrogens with zero attached hydrogens (tertiary/aromatic N) is 2. The van der Waals surface area contributed by atoms with Crippen molar-refractivity contribution in [2.75, 3.05) is 6.61 Å². The van der Waals surface area contributed by atoms with Gasteiger partial charge < -0.3 is 10.4 Å². The maximum absolute atomic E-state index is 13.0. The molecular weight excluding hydrogens is 354 g/mol. The summed E-state index contributed by atoms with van der Waals surface area (Å²) >= 11 is 0. The van der Waals surface area contributed by atoms with Gasteiger partial charge in [0.05, 0.1) is 6.04 Å². The van der Waals surface area contributed by atoms with Crippen LogP contribution in [-0.4, -0.2) is 39.2 Å². The van der Waals surface area contributed by atoms with Crippen LogP contribution in [0.15, 0.2) is 36.4 Å². The Labute approximate surface area is 166 Å². The Hall–Kier alpha value is -2.47. The van der Waals surface area contributed by atoms with Crippen molar-refractivity contribution in [3.63, 3.8) is 0 Å². The molecule has 1 aliphatic rings. The topological polar surface area (TPSA) is 84.2 Å². The second-order valence-corrected chi connectivity index (χ2v) is 7.60. The molecule has 3 rings (SSSR count). The second-order valence-electron chi connectivity index (χ2n) is 7.60. The average molecular weight is 383 g/mol. The van der Waals surface area contributed by atoms with E-state index in [-0.39, 0.29) is 30.4 Å². The maximum Gasteiger partial charge on any atom is 0.269 e. The van der Waals surface area contributed by atoms with Crippen molar-refractivity contribution in [3.8, 4) is 0 Å². The number of benzene rings is 1. The molecule has 1 aromatic heterocycles. The number of hydrogen-bond acceptors (Lipinski definition) is 4. The summed E-state index contributed by atoms with van der Waals surface area (Å²) in [5.74, 6) is 0.0694. The van der Waals surface area contributed by atoms with E-state index in [9.17, 15) is 14.7 Å². The zero-order valence-corrected chi connectivity index (χ0v) is 16.6. The molecule has 0 radical (unpaired) electrons. The molecule has 1 heterocycles. The van der Waals surface area contributed by atoms with E-state index in [2.05, 4.69) is 10.4 Å². The van der Waals surface area contributed by atoms with Gasteiger partial charge in [-0.2, -0.15) is 5.10 Å². The van der Waals surface area contributed by atoms with Gasteiger partial charge in [0.15, 0.2) is 5.78 Å². The number of amides is 1. The number of carbonyl (C=O) groups excluding carboxylic acids is 2. The van der Waals surface area contributed by atoms with Crippen LogP contribution in [0.2, 0.25) is 0 Å². The van der Waals surface area contributed by atoms with E-state index in [0.29, 0.717) is 23.7 Å². The number of aromatic nitrogens is 2. The smallest absolute Gasteiger partial charge is 0.269 e. The molecule has 150 valence electrons. The van der Waals surface area contributed by atoms with Crippen molar-refractivity contribution in [3.05, 3.63) is 53.3 Å². The van der Waals surface area contributed by atoms with Gasteiger partial charge in [0, 0.05) is 25.1 Å². The van der Waals surface area contributed by atoms with Gasteiger partial charge in [0.1, 0.15) is 11.4 Å². The minimum absolute atomic E-state index is 0.0727. The quantitative estimate of drug-likeness (QED) is 0.718. The Morgan fingerprint density at radius 2 is 1.89 bits per heavy atom. The largest absolute Gasteiger partial charge is 0.396 e. The van der Waals surface area contributed by atoms with Crippen LogP contribution in [0.1, 0.15) is 78.5 Å². The first-order chi connectivity index (χ1) is 13.5. The molecule has 1 aromatic carbocycles. The number of aliphatic hydroxyl groups is 1. The number of aliphatic hydroxyl groups excluding tert-OH is 1. The predicted molar refractivity (Wildman–Crippen MR) is 107 cm³/mol. The summed E-state index contributed by atoms with van der Waals surface area (Å²) in [4.78, 5) is 25.2. The molecular formula is C22H29N3O3. The predicted octanol–water partition coefficient (Wildman–Crippen LogP) is 3.37. The van der Waals surface area contributed by atoms with Crippen LogP contribution >= 0.6 is 0 Å². The minimum atomic E-state index is -0.196. The Morgan fingerprint density at radius 1 is 1.21 bits per heavy atom. The van der Waals surface area contributed by atoms with Crippen LogP contribution in [0, 0.1) is 5.92 Å². The summed E-state index contributed by atoms with van der Waals surface area (Å²) in [5.41, 5.74) is 1.77. The van der Waals surface area contributed by atoms with Gasteiger partial charge >= 0.3 is 0 Å². The Kier molecular flexibility index (Phi) is 6.62. The lowest BCUT2D eigenvalue weighted by atomic mass is 9.86. The number of ketones is 1. The van der Waals surface area contributed by atoms with Gasteiger partial charge in [0.25, 0.3) is 5.91 Å². The molecule has 1 aliphatic carbocycles. The zero-order valence-electron chi connectivity index (χ0n) is 16.6. The fourth-order valence-electron chi connectivity index (χ4n) is 3.80. The van der Waals surface area contributed by atoms with Gasteiger partial charge in [-0.1, -0.05) is 37.3 Å². The molecule has 0 unspecified atom stereocenters. The van der Waals surface area contributed by atoms with E-state index in [0.717, 1.165) is 31.2 Å². The number of Topliss-reactive ketones (excluding diaryl/α,β-unsaturated/α-hetero) is 1. The zero-order chi connectivity index (χ0) is 20.1. The number of rotatable bonds is 7. The summed E-state index contributed by atoms with van der Waals surface area (Å²) in [6.07, 6.45) is 3.91. The summed E-state index contributed by atoms with van der Waals surface area (Å²) in [6, 6.07) is 11.4. The first-order valence-corrected chi connectivity index (χ1v) is 10.1. The van der Waals surface area contributed by atoms with E-state index in [1.54, 1.807) is 17.7 Å². The van der Waals surface area contributed by atoms with Crippen LogP contribution in [0.25, 0.3) is 0 Å². The first-order valence-electron chi connectivity index (χ1n) is 10.1. The van der Waals surface area contributed by atoms with Gasteiger partial charge in [-0.05, 0) is 44.1 Å². The van der Waals surface area contributed by atoms with Crippen molar-refractivity contribution in [1.29, 1.82) is 0 Å². The van der Waals surface area contributed by atoms with Gasteiger partial charge in [-0.3, -0.25) is 14.3 Å². The van der Waals surface area contributed by atoms with Crippen LogP contribution < -0.4 is 5.32 Å². The molecule has 0 aliphatic heterocycles. The number of hydrogen-bond donors (Lipinski definition) is 2. The van der Waals surface area contributed by atoms with Gasteiger partial charge in [0.2, 0.25) is 0 Å². The van der Waals surface area contributed by atoms with E-state index in [1.807, 2.05) is 37.3 Å². The molecule has 6 heteroatoms. The number of nitrogens with one attached hydrogen (secondary N) is 1. The molecule has 1 saturated carbocycles. The highest BCUT2D eigenvalue weighted by Gasteiger charge is 2.26. The molecule has 1 fully saturated rings. The van der Waals surface area contributed by atoms with Crippen LogP contribution in [0.5, 0.6) is 0 Å². The number of carbonyl (C=O) groups is 2. The maximum atomic E-state index is 13.0. The van der Waals surface area contributed by atoms with Crippen molar-refractivity contribution >= 4 is 11.7 Å². The Morgan fingerprint density at radius 3 is 2.50 bits per heavy atom. The minimum Gasteiger partial charge on any atom is -0.396 e. The van der Waals surface area contributed by atoms with E-state index in [4.69, 9.17) is 0 Å². The molecule has 6 nitrogen and oxygen atoms in total. The standard InChI is InChI=1S/C22H29N3O3/c1-3-21(27)19-13-20(22(28)23-18-11-9-16(14-26)10-12-18)25(24-19)15(2)17-7-5-4-6-8-17/h4-8,13,15-16,18,26H,3,9-12,14H2,1-2H3,(H,23,28)/t15-,16?,18?/m0/s1. The molecule has 2 N–H and O–H groups in total. The molecule has 0 bridgehead atoms. The molecule has 1 atom stereocenters. The third-order valence-electron chi connectivity index (χ3n) is 5.66. The van der Waals surface area contributed by atoms with E-state index in [1.165, 1.54) is 0 Å². The molecule has 1 amide bonds. The fraction of sp³-hybridized carbons (Fsp3) is 0.500. The van der Waals surface area contributed by atoms with Gasteiger partial charge in [-0.15, -0.1) is 0 Å². The lowest BCUT2D eigenvalue weighted by molar-refractivity contribution is 0.0901.